The fourth-order valence-corrected chi connectivity index (χ4v) is 3.72. The Bertz CT molecular complexity index is 1730. The van der Waals surface area contributed by atoms with Crippen LogP contribution in [0.1, 0.15) is 11.1 Å². The van der Waals surface area contributed by atoms with E-state index in [-0.39, 0.29) is 17.4 Å². The van der Waals surface area contributed by atoms with Crippen LogP contribution in [-0.2, 0) is 0 Å². The summed E-state index contributed by atoms with van der Waals surface area (Å²) >= 11 is 0. The van der Waals surface area contributed by atoms with E-state index in [2.05, 4.69) is 9.98 Å². The van der Waals surface area contributed by atoms with Gasteiger partial charge in [-0.1, -0.05) is 12.1 Å². The number of rotatable bonds is 7. The Labute approximate surface area is 214 Å². The first kappa shape index (κ1) is 24.1. The van der Waals surface area contributed by atoms with Crippen LogP contribution in [-0.4, -0.2) is 26.2 Å². The first-order valence-corrected chi connectivity index (χ1v) is 11.2. The number of aromatic hydroxyl groups is 1. The number of phenols is 1. The number of non-ortho nitro benzene ring substituents is 1. The molecule has 0 saturated heterocycles. The molecule has 0 aliphatic heterocycles. The van der Waals surface area contributed by atoms with Gasteiger partial charge in [0.25, 0.3) is 5.69 Å². The maximum Gasteiger partial charge on any atom is 0.318 e. The molecule has 1 heterocycles. The summed E-state index contributed by atoms with van der Waals surface area (Å²) in [4.78, 5) is 29.7. The molecule has 0 unspecified atom stereocenters. The van der Waals surface area contributed by atoms with E-state index in [9.17, 15) is 25.3 Å². The van der Waals surface area contributed by atoms with Gasteiger partial charge in [-0.05, 0) is 72.6 Å². The first-order chi connectivity index (χ1) is 18.3. The summed E-state index contributed by atoms with van der Waals surface area (Å²) in [7, 11) is 0. The SMILES string of the molecule is Cc1cccc2oc(-c3cc(N=Cc4ccc(Oc5ccc([N+](=O)[O-])cc5[N+](=O)[O-])cc4)ccc3O)nc12. The highest BCUT2D eigenvalue weighted by Gasteiger charge is 2.21. The highest BCUT2D eigenvalue weighted by atomic mass is 16.6. The van der Waals surface area contributed by atoms with Crippen molar-refractivity contribution in [1.29, 1.82) is 0 Å². The molecule has 0 spiro atoms. The smallest absolute Gasteiger partial charge is 0.318 e. The Morgan fingerprint density at radius 2 is 1.76 bits per heavy atom. The molecular formula is C27H18N4O7. The molecule has 11 heteroatoms. The predicted octanol–water partition coefficient (Wildman–Crippen LogP) is 6.87. The van der Waals surface area contributed by atoms with Gasteiger partial charge in [0.2, 0.25) is 11.6 Å². The number of hydrogen-bond acceptors (Lipinski definition) is 9. The summed E-state index contributed by atoms with van der Waals surface area (Å²) in [5, 5.41) is 32.6. The van der Waals surface area contributed by atoms with Crippen LogP contribution in [0.5, 0.6) is 17.2 Å². The molecule has 38 heavy (non-hydrogen) atoms. The minimum Gasteiger partial charge on any atom is -0.507 e. The van der Waals surface area contributed by atoms with Crippen LogP contribution in [0.2, 0.25) is 0 Å². The van der Waals surface area contributed by atoms with Crippen molar-refractivity contribution in [3.63, 3.8) is 0 Å². The number of aliphatic imine (C=N–C) groups is 1. The third-order valence-electron chi connectivity index (χ3n) is 5.65. The third kappa shape index (κ3) is 4.88. The molecule has 0 bridgehead atoms. The topological polar surface area (TPSA) is 154 Å². The number of ether oxygens (including phenoxy) is 1. The van der Waals surface area contributed by atoms with Crippen molar-refractivity contribution in [3.05, 3.63) is 110 Å². The van der Waals surface area contributed by atoms with Gasteiger partial charge in [0.15, 0.2) is 5.58 Å². The normalized spacial score (nSPS) is 11.2. The highest BCUT2D eigenvalue weighted by molar-refractivity contribution is 5.84. The summed E-state index contributed by atoms with van der Waals surface area (Å²) < 4.78 is 11.4. The van der Waals surface area contributed by atoms with Crippen molar-refractivity contribution in [2.24, 2.45) is 4.99 Å². The van der Waals surface area contributed by atoms with Gasteiger partial charge >= 0.3 is 5.69 Å². The quantitative estimate of drug-likeness (QED) is 0.141. The Kier molecular flexibility index (Phi) is 6.23. The van der Waals surface area contributed by atoms with Gasteiger partial charge < -0.3 is 14.3 Å². The molecule has 5 rings (SSSR count). The fraction of sp³-hybridized carbons (Fsp3) is 0.0370. The summed E-state index contributed by atoms with van der Waals surface area (Å²) in [6.07, 6.45) is 1.60. The van der Waals surface area contributed by atoms with E-state index >= 15 is 0 Å². The van der Waals surface area contributed by atoms with E-state index in [4.69, 9.17) is 9.15 Å². The Morgan fingerprint density at radius 1 is 0.974 bits per heavy atom. The second-order valence-electron chi connectivity index (χ2n) is 8.24. The molecular weight excluding hydrogens is 492 g/mol. The van der Waals surface area contributed by atoms with E-state index in [0.717, 1.165) is 23.2 Å². The zero-order valence-electron chi connectivity index (χ0n) is 19.8. The summed E-state index contributed by atoms with van der Waals surface area (Å²) in [5.74, 6) is 0.478. The average Bonchev–Trinajstić information content (AvgIpc) is 3.34. The second kappa shape index (κ2) is 9.82. The molecule has 188 valence electrons. The van der Waals surface area contributed by atoms with Crippen molar-refractivity contribution in [2.75, 3.05) is 0 Å². The van der Waals surface area contributed by atoms with Crippen LogP contribution in [0.15, 0.2) is 88.3 Å². The summed E-state index contributed by atoms with van der Waals surface area (Å²) in [6.45, 7) is 1.93. The van der Waals surface area contributed by atoms with Crippen molar-refractivity contribution < 1.29 is 24.1 Å². The largest absolute Gasteiger partial charge is 0.507 e. The monoisotopic (exact) mass is 510 g/mol. The number of aryl methyl sites for hydroxylation is 1. The standard InChI is InChI=1S/C27H18N4O7/c1-16-3-2-4-25-26(16)29-27(38-25)21-13-18(7-11-23(21)32)28-15-17-5-9-20(10-6-17)37-24-12-8-19(30(33)34)14-22(24)31(35)36/h2-15,32H,1H3. The van der Waals surface area contributed by atoms with Crippen LogP contribution in [0.25, 0.3) is 22.6 Å². The van der Waals surface area contributed by atoms with E-state index in [0.29, 0.717) is 28.1 Å². The van der Waals surface area contributed by atoms with Gasteiger partial charge in [-0.2, -0.15) is 0 Å². The molecule has 5 aromatic rings. The van der Waals surface area contributed by atoms with Crippen LogP contribution in [0.4, 0.5) is 17.1 Å². The molecule has 0 saturated carbocycles. The lowest BCUT2D eigenvalue weighted by molar-refractivity contribution is -0.394. The molecule has 0 aliphatic carbocycles. The summed E-state index contributed by atoms with van der Waals surface area (Å²) in [6, 6.07) is 20.2. The lowest BCUT2D eigenvalue weighted by Gasteiger charge is -2.06. The number of phenolic OH excluding ortho intramolecular Hbond substituents is 1. The predicted molar refractivity (Wildman–Crippen MR) is 139 cm³/mol. The molecule has 0 aliphatic rings. The number of para-hydroxylation sites is 1. The van der Waals surface area contributed by atoms with Crippen LogP contribution < -0.4 is 4.74 Å². The number of nitro groups is 2. The average molecular weight is 510 g/mol. The minimum absolute atomic E-state index is 0.00926. The van der Waals surface area contributed by atoms with Gasteiger partial charge in [-0.15, -0.1) is 0 Å². The lowest BCUT2D eigenvalue weighted by atomic mass is 10.1. The van der Waals surface area contributed by atoms with E-state index in [1.165, 1.54) is 12.1 Å². The van der Waals surface area contributed by atoms with Crippen LogP contribution >= 0.6 is 0 Å². The minimum atomic E-state index is -0.739. The van der Waals surface area contributed by atoms with Crippen molar-refractivity contribution in [1.82, 2.24) is 4.98 Å². The maximum absolute atomic E-state index is 11.3. The zero-order valence-corrected chi connectivity index (χ0v) is 19.8. The Hall–Kier alpha value is -5.58. The molecule has 0 fully saturated rings. The molecule has 4 aromatic carbocycles. The highest BCUT2D eigenvalue weighted by Crippen LogP contribution is 2.36. The van der Waals surface area contributed by atoms with Crippen LogP contribution in [0.3, 0.4) is 0 Å². The molecule has 11 nitrogen and oxygen atoms in total. The fourth-order valence-electron chi connectivity index (χ4n) is 3.72. The van der Waals surface area contributed by atoms with Gasteiger partial charge in [-0.3, -0.25) is 25.2 Å². The zero-order chi connectivity index (χ0) is 26.8. The number of nitro benzene ring substituents is 2. The van der Waals surface area contributed by atoms with Crippen molar-refractivity contribution in [2.45, 2.75) is 6.92 Å². The number of fused-ring (bicyclic) bond motifs is 1. The number of nitrogens with zero attached hydrogens (tertiary/aromatic N) is 4. The van der Waals surface area contributed by atoms with Gasteiger partial charge in [0.05, 0.1) is 27.2 Å². The number of hydrogen-bond donors (Lipinski definition) is 1. The Morgan fingerprint density at radius 3 is 2.47 bits per heavy atom. The van der Waals surface area contributed by atoms with Gasteiger partial charge in [-0.25, -0.2) is 4.98 Å². The van der Waals surface area contributed by atoms with E-state index < -0.39 is 21.2 Å². The molecule has 1 aromatic heterocycles. The van der Waals surface area contributed by atoms with Gasteiger partial charge in [0, 0.05) is 12.3 Å². The second-order valence-corrected chi connectivity index (χ2v) is 8.24. The Balaban J connectivity index is 1.35. The molecule has 0 atom stereocenters. The summed E-state index contributed by atoms with van der Waals surface area (Å²) in [5.41, 5.74) is 3.06. The maximum atomic E-state index is 11.3. The van der Waals surface area contributed by atoms with E-state index in [1.54, 1.807) is 42.6 Å². The van der Waals surface area contributed by atoms with Crippen molar-refractivity contribution in [3.8, 4) is 28.7 Å². The molecule has 0 amide bonds. The lowest BCUT2D eigenvalue weighted by Crippen LogP contribution is -1.96. The molecule has 0 radical (unpaired) electrons. The molecule has 1 N–H and O–H groups in total. The first-order valence-electron chi connectivity index (χ1n) is 11.2. The number of oxazole rings is 1. The number of benzene rings is 4. The third-order valence-corrected chi connectivity index (χ3v) is 5.65. The van der Waals surface area contributed by atoms with Crippen molar-refractivity contribution >= 4 is 34.4 Å². The van der Waals surface area contributed by atoms with Gasteiger partial charge in [0.1, 0.15) is 17.0 Å². The van der Waals surface area contributed by atoms with Crippen LogP contribution in [0, 0.1) is 27.2 Å². The van der Waals surface area contributed by atoms with E-state index in [1.807, 2.05) is 25.1 Å². The number of aromatic nitrogens is 1.